The molecule has 1 atom stereocenters. The van der Waals surface area contributed by atoms with Crippen LogP contribution in [0.15, 0.2) is 24.3 Å². The quantitative estimate of drug-likeness (QED) is 0.805. The molecule has 110 valence electrons. The van der Waals surface area contributed by atoms with Crippen LogP contribution in [-0.4, -0.2) is 45.4 Å². The first-order valence-electron chi connectivity index (χ1n) is 7.00. The van der Waals surface area contributed by atoms with E-state index in [1.165, 1.54) is 5.56 Å². The number of nitrogens with one attached hydrogen (secondary N) is 2. The van der Waals surface area contributed by atoms with Crippen molar-refractivity contribution >= 4 is 5.91 Å². The van der Waals surface area contributed by atoms with Crippen molar-refractivity contribution in [2.75, 3.05) is 33.4 Å². The van der Waals surface area contributed by atoms with Crippen LogP contribution in [-0.2, 0) is 16.0 Å². The van der Waals surface area contributed by atoms with Gasteiger partial charge in [0.1, 0.15) is 5.75 Å². The van der Waals surface area contributed by atoms with Crippen LogP contribution < -0.4 is 15.4 Å². The lowest BCUT2D eigenvalue weighted by Gasteiger charge is -2.23. The number of hydrogen-bond donors (Lipinski definition) is 2. The lowest BCUT2D eigenvalue weighted by atomic mass is 10.1. The molecule has 0 spiro atoms. The summed E-state index contributed by atoms with van der Waals surface area (Å²) in [6.07, 6.45) is 1.25. The minimum absolute atomic E-state index is 0.00439. The van der Waals surface area contributed by atoms with Crippen molar-refractivity contribution in [3.05, 3.63) is 29.8 Å². The smallest absolute Gasteiger partial charge is 0.222 e. The third kappa shape index (κ3) is 4.83. The van der Waals surface area contributed by atoms with Crippen LogP contribution in [0.5, 0.6) is 5.75 Å². The molecule has 0 radical (unpaired) electrons. The Morgan fingerprint density at radius 2 is 2.25 bits per heavy atom. The van der Waals surface area contributed by atoms with E-state index in [9.17, 15) is 4.79 Å². The molecule has 0 aromatic heterocycles. The number of morpholine rings is 1. The van der Waals surface area contributed by atoms with Gasteiger partial charge in [-0.3, -0.25) is 4.79 Å². The third-order valence-corrected chi connectivity index (χ3v) is 3.31. The van der Waals surface area contributed by atoms with E-state index in [1.807, 2.05) is 24.3 Å². The summed E-state index contributed by atoms with van der Waals surface area (Å²) in [6.45, 7) is 2.95. The molecule has 1 saturated heterocycles. The summed E-state index contributed by atoms with van der Waals surface area (Å²) in [6, 6.07) is 7.88. The highest BCUT2D eigenvalue weighted by Gasteiger charge is 2.16. The molecule has 5 nitrogen and oxygen atoms in total. The number of hydrogen-bond acceptors (Lipinski definition) is 4. The number of amides is 1. The number of rotatable bonds is 6. The van der Waals surface area contributed by atoms with Crippen molar-refractivity contribution in [3.8, 4) is 5.75 Å². The molecule has 1 aromatic carbocycles. The van der Waals surface area contributed by atoms with Crippen molar-refractivity contribution in [1.29, 1.82) is 0 Å². The zero-order valence-electron chi connectivity index (χ0n) is 11.9. The Morgan fingerprint density at radius 3 is 2.90 bits per heavy atom. The number of carbonyl (C=O) groups excluding carboxylic acids is 1. The van der Waals surface area contributed by atoms with Crippen LogP contribution in [0.4, 0.5) is 0 Å². The zero-order valence-corrected chi connectivity index (χ0v) is 11.9. The van der Waals surface area contributed by atoms with Crippen LogP contribution in [0.1, 0.15) is 12.0 Å². The highest BCUT2D eigenvalue weighted by molar-refractivity contribution is 5.76. The van der Waals surface area contributed by atoms with Gasteiger partial charge in [0.25, 0.3) is 0 Å². The minimum atomic E-state index is 0.00439. The normalized spacial score (nSPS) is 18.6. The lowest BCUT2D eigenvalue weighted by Crippen LogP contribution is -2.41. The van der Waals surface area contributed by atoms with Crippen molar-refractivity contribution in [1.82, 2.24) is 10.6 Å². The minimum Gasteiger partial charge on any atom is -0.497 e. The molecule has 1 heterocycles. The van der Waals surface area contributed by atoms with Crippen molar-refractivity contribution in [2.45, 2.75) is 18.9 Å². The Morgan fingerprint density at radius 1 is 1.45 bits per heavy atom. The molecule has 0 aliphatic carbocycles. The fourth-order valence-electron chi connectivity index (χ4n) is 2.17. The van der Waals surface area contributed by atoms with Crippen LogP contribution in [0.3, 0.4) is 0 Å². The van der Waals surface area contributed by atoms with Gasteiger partial charge in [-0.25, -0.2) is 0 Å². The molecule has 0 saturated carbocycles. The van der Waals surface area contributed by atoms with E-state index in [0.29, 0.717) is 19.6 Å². The molecule has 20 heavy (non-hydrogen) atoms. The summed E-state index contributed by atoms with van der Waals surface area (Å²) in [7, 11) is 1.65. The van der Waals surface area contributed by atoms with Crippen LogP contribution in [0.2, 0.25) is 0 Å². The molecule has 1 aliphatic rings. The van der Waals surface area contributed by atoms with E-state index in [1.54, 1.807) is 7.11 Å². The molecule has 5 heteroatoms. The second kappa shape index (κ2) is 7.87. The lowest BCUT2D eigenvalue weighted by molar-refractivity contribution is -0.124. The van der Waals surface area contributed by atoms with E-state index >= 15 is 0 Å². The first-order chi connectivity index (χ1) is 9.78. The van der Waals surface area contributed by atoms with E-state index in [4.69, 9.17) is 9.47 Å². The van der Waals surface area contributed by atoms with E-state index < -0.39 is 0 Å². The fourth-order valence-corrected chi connectivity index (χ4v) is 2.17. The molecular weight excluding hydrogens is 256 g/mol. The highest BCUT2D eigenvalue weighted by atomic mass is 16.5. The van der Waals surface area contributed by atoms with Gasteiger partial charge in [-0.2, -0.15) is 0 Å². The summed E-state index contributed by atoms with van der Waals surface area (Å²) in [5.74, 6) is 0.895. The van der Waals surface area contributed by atoms with Gasteiger partial charge in [-0.15, -0.1) is 0 Å². The van der Waals surface area contributed by atoms with Gasteiger partial charge >= 0.3 is 0 Å². The standard InChI is InChI=1S/C15H22N2O3/c1-19-13-4-2-12(3-5-13)6-7-17-15(18)10-14-11-16-8-9-20-14/h2-5,14,16H,6-11H2,1H3,(H,17,18). The number of carbonyl (C=O) groups is 1. The van der Waals surface area contributed by atoms with Gasteiger partial charge in [-0.05, 0) is 24.1 Å². The first kappa shape index (κ1) is 14.8. The van der Waals surface area contributed by atoms with Gasteiger partial charge in [0.15, 0.2) is 0 Å². The summed E-state index contributed by atoms with van der Waals surface area (Å²) in [5, 5.41) is 6.15. The molecule has 1 unspecified atom stereocenters. The predicted molar refractivity (Wildman–Crippen MR) is 76.9 cm³/mol. The summed E-state index contributed by atoms with van der Waals surface area (Å²) in [4.78, 5) is 11.8. The summed E-state index contributed by atoms with van der Waals surface area (Å²) < 4.78 is 10.6. The highest BCUT2D eigenvalue weighted by Crippen LogP contribution is 2.11. The summed E-state index contributed by atoms with van der Waals surface area (Å²) in [5.41, 5.74) is 1.18. The number of benzene rings is 1. The van der Waals surface area contributed by atoms with E-state index in [2.05, 4.69) is 10.6 Å². The van der Waals surface area contributed by atoms with E-state index in [-0.39, 0.29) is 12.0 Å². The molecule has 1 fully saturated rings. The monoisotopic (exact) mass is 278 g/mol. The van der Waals surface area contributed by atoms with Gasteiger partial charge in [0, 0.05) is 19.6 Å². The Bertz CT molecular complexity index is 414. The maximum Gasteiger partial charge on any atom is 0.222 e. The van der Waals surface area contributed by atoms with Gasteiger partial charge < -0.3 is 20.1 Å². The largest absolute Gasteiger partial charge is 0.497 e. The van der Waals surface area contributed by atoms with Crippen molar-refractivity contribution in [2.24, 2.45) is 0 Å². The van der Waals surface area contributed by atoms with Crippen molar-refractivity contribution < 1.29 is 14.3 Å². The first-order valence-corrected chi connectivity index (χ1v) is 7.00. The summed E-state index contributed by atoms with van der Waals surface area (Å²) >= 11 is 0. The molecule has 1 amide bonds. The second-order valence-electron chi connectivity index (χ2n) is 4.85. The maximum absolute atomic E-state index is 11.8. The maximum atomic E-state index is 11.8. The molecular formula is C15H22N2O3. The average molecular weight is 278 g/mol. The number of methoxy groups -OCH3 is 1. The van der Waals surface area contributed by atoms with Gasteiger partial charge in [-0.1, -0.05) is 12.1 Å². The molecule has 2 rings (SSSR count). The van der Waals surface area contributed by atoms with Crippen LogP contribution in [0, 0.1) is 0 Å². The Balaban J connectivity index is 1.65. The van der Waals surface area contributed by atoms with Gasteiger partial charge in [0.05, 0.1) is 26.2 Å². The predicted octanol–water partition coefficient (Wildman–Crippen LogP) is 0.732. The second-order valence-corrected chi connectivity index (χ2v) is 4.85. The Kier molecular flexibility index (Phi) is 5.83. The molecule has 1 aliphatic heterocycles. The Hall–Kier alpha value is -1.59. The van der Waals surface area contributed by atoms with Gasteiger partial charge in [0.2, 0.25) is 5.91 Å². The number of ether oxygens (including phenoxy) is 2. The third-order valence-electron chi connectivity index (χ3n) is 3.31. The molecule has 2 N–H and O–H groups in total. The molecule has 1 aromatic rings. The Labute approximate surface area is 119 Å². The van der Waals surface area contributed by atoms with Crippen molar-refractivity contribution in [3.63, 3.8) is 0 Å². The zero-order chi connectivity index (χ0) is 14.2. The SMILES string of the molecule is COc1ccc(CCNC(=O)CC2CNCCO2)cc1. The van der Waals surface area contributed by atoms with E-state index in [0.717, 1.165) is 25.3 Å². The van der Waals surface area contributed by atoms with Crippen LogP contribution in [0.25, 0.3) is 0 Å². The fraction of sp³-hybridized carbons (Fsp3) is 0.533. The average Bonchev–Trinajstić information content (AvgIpc) is 2.49. The topological polar surface area (TPSA) is 59.6 Å². The molecule has 0 bridgehead atoms. The van der Waals surface area contributed by atoms with Crippen LogP contribution >= 0.6 is 0 Å².